The van der Waals surface area contributed by atoms with Gasteiger partial charge in [0.05, 0.1) is 0 Å². The maximum Gasteiger partial charge on any atom is 0.263 e. The van der Waals surface area contributed by atoms with Gasteiger partial charge in [-0.2, -0.15) is 0 Å². The molecule has 0 radical (unpaired) electrons. The number of allylic oxidation sites excluding steroid dienone is 1. The molecule has 0 aliphatic carbocycles. The minimum absolute atomic E-state index is 0.108. The molecule has 0 aliphatic rings. The average molecular weight is 326 g/mol. The minimum Gasteiger partial charge on any atom is -0.507 e. The number of hydrogen-bond donors (Lipinski definition) is 3. The number of aromatic nitrogens is 1. The number of ketones is 1. The molecule has 3 N–H and O–H groups in total. The molecule has 0 fully saturated rings. The molecule has 0 unspecified atom stereocenters. The number of carbonyl (C=O) groups is 2. The van der Waals surface area contributed by atoms with Gasteiger partial charge >= 0.3 is 0 Å². The van der Waals surface area contributed by atoms with Crippen LogP contribution in [0.15, 0.2) is 41.2 Å². The molecule has 0 bridgehead atoms. The van der Waals surface area contributed by atoms with Gasteiger partial charge in [0.2, 0.25) is 5.91 Å². The van der Waals surface area contributed by atoms with E-state index in [2.05, 4.69) is 10.3 Å². The lowest BCUT2D eigenvalue weighted by Crippen LogP contribution is -2.17. The average Bonchev–Trinajstić information content (AvgIpc) is 2.52. The number of aryl methyl sites for hydroxylation is 1. The van der Waals surface area contributed by atoms with Gasteiger partial charge in [0.1, 0.15) is 11.3 Å². The molecule has 0 saturated carbocycles. The van der Waals surface area contributed by atoms with E-state index >= 15 is 0 Å². The van der Waals surface area contributed by atoms with Crippen molar-refractivity contribution in [2.24, 2.45) is 0 Å². The number of benzene rings is 1. The van der Waals surface area contributed by atoms with Gasteiger partial charge in [0.25, 0.3) is 5.56 Å². The molecular weight excluding hydrogens is 308 g/mol. The number of anilines is 1. The lowest BCUT2D eigenvalue weighted by atomic mass is 10.1. The number of H-pyrrole nitrogens is 1. The number of rotatable bonds is 5. The summed E-state index contributed by atoms with van der Waals surface area (Å²) in [4.78, 5) is 37.8. The number of aromatic hydroxyl groups is 1. The largest absolute Gasteiger partial charge is 0.507 e. The van der Waals surface area contributed by atoms with Crippen molar-refractivity contribution in [2.75, 3.05) is 5.32 Å². The zero-order valence-electron chi connectivity index (χ0n) is 13.4. The second-order valence-corrected chi connectivity index (χ2v) is 5.27. The van der Waals surface area contributed by atoms with Crippen LogP contribution in [0.3, 0.4) is 0 Å². The minimum atomic E-state index is -0.633. The Morgan fingerprint density at radius 1 is 1.29 bits per heavy atom. The van der Waals surface area contributed by atoms with Gasteiger partial charge in [0.15, 0.2) is 5.78 Å². The molecule has 0 atom stereocenters. The molecule has 1 amide bonds. The van der Waals surface area contributed by atoms with E-state index < -0.39 is 11.3 Å². The zero-order valence-corrected chi connectivity index (χ0v) is 13.4. The summed E-state index contributed by atoms with van der Waals surface area (Å²) in [6.45, 7) is 3.37. The van der Waals surface area contributed by atoms with Crippen molar-refractivity contribution in [1.82, 2.24) is 4.98 Å². The molecule has 6 nitrogen and oxygen atoms in total. The lowest BCUT2D eigenvalue weighted by molar-refractivity contribution is -0.115. The third-order valence-electron chi connectivity index (χ3n) is 3.31. The Balaban J connectivity index is 2.22. The van der Waals surface area contributed by atoms with Crippen LogP contribution in [0.5, 0.6) is 5.75 Å². The number of hydrogen-bond acceptors (Lipinski definition) is 4. The van der Waals surface area contributed by atoms with Crippen LogP contribution < -0.4 is 10.9 Å². The standard InChI is InChI=1S/C18H18N2O4/c1-3-16(23)20-13-6-4-5-12(10-13)7-8-14(21)17-15(22)9-11(2)19-18(17)24/h4-10H,3H2,1-2H3,(H,20,23)(H2,19,22,24)/b8-7+. The van der Waals surface area contributed by atoms with Crippen molar-refractivity contribution in [1.29, 1.82) is 0 Å². The quantitative estimate of drug-likeness (QED) is 0.581. The highest BCUT2D eigenvalue weighted by molar-refractivity contribution is 6.08. The van der Waals surface area contributed by atoms with Gasteiger partial charge in [0, 0.05) is 17.8 Å². The predicted octanol–water partition coefficient (Wildman–Crippen LogP) is 2.63. The summed E-state index contributed by atoms with van der Waals surface area (Å²) in [5.41, 5.74) is 0.837. The highest BCUT2D eigenvalue weighted by atomic mass is 16.3. The van der Waals surface area contributed by atoms with Crippen molar-refractivity contribution in [3.05, 3.63) is 63.6 Å². The Bertz CT molecular complexity index is 866. The maximum absolute atomic E-state index is 12.1. The van der Waals surface area contributed by atoms with Crippen molar-refractivity contribution in [3.63, 3.8) is 0 Å². The van der Waals surface area contributed by atoms with Gasteiger partial charge in [-0.05, 0) is 36.8 Å². The van der Waals surface area contributed by atoms with Crippen molar-refractivity contribution in [3.8, 4) is 5.75 Å². The third kappa shape index (κ3) is 4.19. The monoisotopic (exact) mass is 326 g/mol. The summed E-state index contributed by atoms with van der Waals surface area (Å²) in [5, 5.41) is 12.5. The fraction of sp³-hybridized carbons (Fsp3) is 0.167. The number of carbonyl (C=O) groups excluding carboxylic acids is 2. The highest BCUT2D eigenvalue weighted by Crippen LogP contribution is 2.16. The van der Waals surface area contributed by atoms with Crippen LogP contribution in [0, 0.1) is 6.92 Å². The topological polar surface area (TPSA) is 99.3 Å². The van der Waals surface area contributed by atoms with Crippen molar-refractivity contribution in [2.45, 2.75) is 20.3 Å². The van der Waals surface area contributed by atoms with Crippen molar-refractivity contribution >= 4 is 23.5 Å². The number of nitrogens with one attached hydrogen (secondary N) is 2. The number of aromatic amines is 1. The van der Waals surface area contributed by atoms with Gasteiger partial charge in [-0.3, -0.25) is 14.4 Å². The van der Waals surface area contributed by atoms with E-state index in [1.54, 1.807) is 38.1 Å². The van der Waals surface area contributed by atoms with E-state index in [0.29, 0.717) is 23.4 Å². The fourth-order valence-electron chi connectivity index (χ4n) is 2.13. The SMILES string of the molecule is CCC(=O)Nc1cccc(/C=C/C(=O)c2c(O)cc(C)[nH]c2=O)c1. The molecule has 2 aromatic rings. The first-order valence-electron chi connectivity index (χ1n) is 7.46. The van der Waals surface area contributed by atoms with Crippen LogP contribution in [0.2, 0.25) is 0 Å². The summed E-state index contributed by atoms with van der Waals surface area (Å²) >= 11 is 0. The second kappa shape index (κ2) is 7.41. The highest BCUT2D eigenvalue weighted by Gasteiger charge is 2.13. The molecule has 6 heteroatoms. The van der Waals surface area contributed by atoms with E-state index in [4.69, 9.17) is 0 Å². The molecule has 0 saturated heterocycles. The van der Waals surface area contributed by atoms with Crippen LogP contribution in [0.25, 0.3) is 6.08 Å². The molecule has 2 rings (SSSR count). The molecular formula is C18H18N2O4. The first-order valence-corrected chi connectivity index (χ1v) is 7.46. The summed E-state index contributed by atoms with van der Waals surface area (Å²) in [7, 11) is 0. The van der Waals surface area contributed by atoms with E-state index in [0.717, 1.165) is 0 Å². The number of pyridine rings is 1. The molecule has 24 heavy (non-hydrogen) atoms. The van der Waals surface area contributed by atoms with Gasteiger partial charge in [-0.25, -0.2) is 0 Å². The molecule has 1 aromatic carbocycles. The maximum atomic E-state index is 12.1. The first kappa shape index (κ1) is 17.2. The summed E-state index contributed by atoms with van der Waals surface area (Å²) in [6, 6.07) is 8.26. The summed E-state index contributed by atoms with van der Waals surface area (Å²) in [5.74, 6) is -1.06. The smallest absolute Gasteiger partial charge is 0.263 e. The zero-order chi connectivity index (χ0) is 17.7. The summed E-state index contributed by atoms with van der Waals surface area (Å²) in [6.07, 6.45) is 3.09. The van der Waals surface area contributed by atoms with Crippen LogP contribution in [0.1, 0.15) is 35.0 Å². The van der Waals surface area contributed by atoms with E-state index in [9.17, 15) is 19.5 Å². The predicted molar refractivity (Wildman–Crippen MR) is 92.2 cm³/mol. The van der Waals surface area contributed by atoms with Crippen LogP contribution in [0.4, 0.5) is 5.69 Å². The van der Waals surface area contributed by atoms with Crippen LogP contribution >= 0.6 is 0 Å². The molecule has 1 aromatic heterocycles. The molecule has 0 spiro atoms. The molecule has 1 heterocycles. The normalized spacial score (nSPS) is 10.8. The van der Waals surface area contributed by atoms with Crippen LogP contribution in [-0.4, -0.2) is 21.8 Å². The Morgan fingerprint density at radius 2 is 2.04 bits per heavy atom. The van der Waals surface area contributed by atoms with E-state index in [1.807, 2.05) is 0 Å². The summed E-state index contributed by atoms with van der Waals surface area (Å²) < 4.78 is 0. The molecule has 0 aliphatic heterocycles. The van der Waals surface area contributed by atoms with Crippen LogP contribution in [-0.2, 0) is 4.79 Å². The Labute approximate surface area is 138 Å². The Kier molecular flexibility index (Phi) is 5.31. The Morgan fingerprint density at radius 3 is 2.71 bits per heavy atom. The van der Waals surface area contributed by atoms with Gasteiger partial charge < -0.3 is 15.4 Å². The van der Waals surface area contributed by atoms with Gasteiger partial charge in [-0.15, -0.1) is 0 Å². The second-order valence-electron chi connectivity index (χ2n) is 5.27. The first-order chi connectivity index (χ1) is 11.4. The third-order valence-corrected chi connectivity index (χ3v) is 3.31. The Hall–Kier alpha value is -3.15. The fourth-order valence-corrected chi connectivity index (χ4v) is 2.13. The lowest BCUT2D eigenvalue weighted by Gasteiger charge is -2.04. The van der Waals surface area contributed by atoms with Gasteiger partial charge in [-0.1, -0.05) is 25.1 Å². The van der Waals surface area contributed by atoms with E-state index in [-0.39, 0.29) is 17.2 Å². The van der Waals surface area contributed by atoms with E-state index in [1.165, 1.54) is 18.2 Å². The molecule has 124 valence electrons. The number of amides is 1. The van der Waals surface area contributed by atoms with Crippen molar-refractivity contribution < 1.29 is 14.7 Å².